The zero-order chi connectivity index (χ0) is 11.8. The molecule has 0 spiro atoms. The molecule has 1 aliphatic rings. The van der Waals surface area contributed by atoms with Crippen LogP contribution >= 0.6 is 0 Å². The van der Waals surface area contributed by atoms with E-state index in [1.54, 1.807) is 12.3 Å². The van der Waals surface area contributed by atoms with Crippen LogP contribution in [0.25, 0.3) is 5.65 Å². The fourth-order valence-corrected chi connectivity index (χ4v) is 2.73. The van der Waals surface area contributed by atoms with Crippen molar-refractivity contribution in [2.75, 3.05) is 0 Å². The highest BCUT2D eigenvalue weighted by atomic mass is 16.3. The van der Waals surface area contributed by atoms with Crippen molar-refractivity contribution >= 4 is 5.65 Å². The quantitative estimate of drug-likeness (QED) is 0.883. The highest BCUT2D eigenvalue weighted by Gasteiger charge is 2.28. The van der Waals surface area contributed by atoms with Gasteiger partial charge in [0, 0.05) is 18.1 Å². The number of hydrogen-bond acceptors (Lipinski definition) is 3. The Kier molecular flexibility index (Phi) is 2.50. The first-order valence-electron chi connectivity index (χ1n) is 6.33. The SMILES string of the molecule is CCC(c1cc(O)n2nccc2n1)C1CCC1. The van der Waals surface area contributed by atoms with Gasteiger partial charge >= 0.3 is 0 Å². The molecule has 1 aliphatic carbocycles. The molecule has 90 valence electrons. The average Bonchev–Trinajstić information content (AvgIpc) is 2.71. The van der Waals surface area contributed by atoms with E-state index < -0.39 is 0 Å². The first-order valence-corrected chi connectivity index (χ1v) is 6.33. The topological polar surface area (TPSA) is 50.4 Å². The molecule has 0 bridgehead atoms. The molecule has 0 aliphatic heterocycles. The molecule has 0 amide bonds. The normalized spacial score (nSPS) is 18.2. The summed E-state index contributed by atoms with van der Waals surface area (Å²) in [4.78, 5) is 4.61. The van der Waals surface area contributed by atoms with Crippen molar-refractivity contribution < 1.29 is 5.11 Å². The van der Waals surface area contributed by atoms with Crippen LogP contribution in [0.2, 0.25) is 0 Å². The third-order valence-corrected chi connectivity index (χ3v) is 3.90. The maximum atomic E-state index is 9.92. The van der Waals surface area contributed by atoms with E-state index >= 15 is 0 Å². The minimum Gasteiger partial charge on any atom is -0.493 e. The van der Waals surface area contributed by atoms with Crippen molar-refractivity contribution in [3.05, 3.63) is 24.0 Å². The molecule has 17 heavy (non-hydrogen) atoms. The van der Waals surface area contributed by atoms with E-state index in [0.29, 0.717) is 5.92 Å². The summed E-state index contributed by atoms with van der Waals surface area (Å²) in [6.45, 7) is 2.20. The standard InChI is InChI=1S/C13H17N3O/c1-2-10(9-4-3-5-9)11-8-13(17)16-12(15-11)6-7-14-16/h6-10,17H,2-5H2,1H3. The molecule has 1 unspecified atom stereocenters. The van der Waals surface area contributed by atoms with Gasteiger partial charge in [0.05, 0.1) is 11.9 Å². The Hall–Kier alpha value is -1.58. The second kappa shape index (κ2) is 4.02. The Balaban J connectivity index is 2.02. The van der Waals surface area contributed by atoms with Gasteiger partial charge in [-0.2, -0.15) is 9.61 Å². The minimum atomic E-state index is 0.188. The molecule has 0 aromatic carbocycles. The third-order valence-electron chi connectivity index (χ3n) is 3.90. The van der Waals surface area contributed by atoms with Crippen molar-refractivity contribution in [1.29, 1.82) is 0 Å². The average molecular weight is 231 g/mol. The minimum absolute atomic E-state index is 0.188. The lowest BCUT2D eigenvalue weighted by molar-refractivity contribution is 0.252. The molecule has 1 saturated carbocycles. The number of hydrogen-bond donors (Lipinski definition) is 1. The molecule has 1 fully saturated rings. The summed E-state index contributed by atoms with van der Waals surface area (Å²) in [5.41, 5.74) is 1.75. The van der Waals surface area contributed by atoms with Gasteiger partial charge in [-0.1, -0.05) is 13.3 Å². The lowest BCUT2D eigenvalue weighted by Crippen LogP contribution is -2.21. The maximum absolute atomic E-state index is 9.92. The Morgan fingerprint density at radius 1 is 1.53 bits per heavy atom. The number of aromatic nitrogens is 3. The van der Waals surface area contributed by atoms with Crippen LogP contribution in [0.3, 0.4) is 0 Å². The van der Waals surface area contributed by atoms with E-state index in [1.165, 1.54) is 23.8 Å². The van der Waals surface area contributed by atoms with Crippen LogP contribution in [0, 0.1) is 5.92 Å². The van der Waals surface area contributed by atoms with Gasteiger partial charge in [-0.3, -0.25) is 0 Å². The second-order valence-corrected chi connectivity index (χ2v) is 4.85. The first kappa shape index (κ1) is 10.6. The maximum Gasteiger partial charge on any atom is 0.215 e. The highest BCUT2D eigenvalue weighted by Crippen LogP contribution is 2.41. The molecule has 3 rings (SSSR count). The molecule has 0 radical (unpaired) electrons. The van der Waals surface area contributed by atoms with Crippen LogP contribution in [0.1, 0.15) is 44.2 Å². The molecule has 0 saturated heterocycles. The zero-order valence-electron chi connectivity index (χ0n) is 10.0. The largest absolute Gasteiger partial charge is 0.493 e. The molecular weight excluding hydrogens is 214 g/mol. The third kappa shape index (κ3) is 1.68. The van der Waals surface area contributed by atoms with Gasteiger partial charge in [-0.25, -0.2) is 4.98 Å². The fourth-order valence-electron chi connectivity index (χ4n) is 2.73. The van der Waals surface area contributed by atoms with Crippen LogP contribution in [0.15, 0.2) is 18.3 Å². The Labute approximate surface area is 100 Å². The summed E-state index contributed by atoms with van der Waals surface area (Å²) in [5.74, 6) is 1.42. The summed E-state index contributed by atoms with van der Waals surface area (Å²) in [5, 5.41) is 13.9. The summed E-state index contributed by atoms with van der Waals surface area (Å²) in [6, 6.07) is 3.60. The zero-order valence-corrected chi connectivity index (χ0v) is 10.0. The van der Waals surface area contributed by atoms with E-state index in [2.05, 4.69) is 17.0 Å². The summed E-state index contributed by atoms with van der Waals surface area (Å²) in [7, 11) is 0. The van der Waals surface area contributed by atoms with Crippen LogP contribution in [-0.2, 0) is 0 Å². The summed E-state index contributed by atoms with van der Waals surface area (Å²) >= 11 is 0. The number of nitrogens with zero attached hydrogens (tertiary/aromatic N) is 3. The summed E-state index contributed by atoms with van der Waals surface area (Å²) in [6.07, 6.45) is 6.68. The second-order valence-electron chi connectivity index (χ2n) is 4.85. The molecule has 2 aromatic rings. The number of fused-ring (bicyclic) bond motifs is 1. The van der Waals surface area contributed by atoms with Crippen molar-refractivity contribution in [2.45, 2.75) is 38.5 Å². The van der Waals surface area contributed by atoms with E-state index in [9.17, 15) is 5.11 Å². The monoisotopic (exact) mass is 231 g/mol. The lowest BCUT2D eigenvalue weighted by atomic mass is 9.73. The molecule has 1 N–H and O–H groups in total. The van der Waals surface area contributed by atoms with E-state index in [1.807, 2.05) is 6.07 Å². The van der Waals surface area contributed by atoms with E-state index in [-0.39, 0.29) is 5.88 Å². The van der Waals surface area contributed by atoms with Gasteiger partial charge in [0.25, 0.3) is 0 Å². The van der Waals surface area contributed by atoms with Gasteiger partial charge in [0.1, 0.15) is 0 Å². The van der Waals surface area contributed by atoms with Gasteiger partial charge < -0.3 is 5.11 Å². The van der Waals surface area contributed by atoms with E-state index in [0.717, 1.165) is 23.7 Å². The molecule has 4 heteroatoms. The van der Waals surface area contributed by atoms with Crippen LogP contribution in [-0.4, -0.2) is 19.7 Å². The number of rotatable bonds is 3. The molecule has 2 aromatic heterocycles. The number of aromatic hydroxyl groups is 1. The molecule has 4 nitrogen and oxygen atoms in total. The Morgan fingerprint density at radius 2 is 2.35 bits per heavy atom. The lowest BCUT2D eigenvalue weighted by Gasteiger charge is -2.32. The highest BCUT2D eigenvalue weighted by molar-refractivity contribution is 5.41. The van der Waals surface area contributed by atoms with Gasteiger partial charge in [-0.15, -0.1) is 0 Å². The van der Waals surface area contributed by atoms with Crippen molar-refractivity contribution in [3.63, 3.8) is 0 Å². The van der Waals surface area contributed by atoms with Crippen LogP contribution in [0.4, 0.5) is 0 Å². The fraction of sp³-hybridized carbons (Fsp3) is 0.538. The Bertz CT molecular complexity index is 530. The smallest absolute Gasteiger partial charge is 0.215 e. The summed E-state index contributed by atoms with van der Waals surface area (Å²) < 4.78 is 1.47. The van der Waals surface area contributed by atoms with Gasteiger partial charge in [-0.05, 0) is 25.2 Å². The predicted molar refractivity (Wildman–Crippen MR) is 65.0 cm³/mol. The molecule has 2 heterocycles. The van der Waals surface area contributed by atoms with E-state index in [4.69, 9.17) is 0 Å². The first-order chi connectivity index (χ1) is 8.29. The van der Waals surface area contributed by atoms with Crippen molar-refractivity contribution in [3.8, 4) is 5.88 Å². The predicted octanol–water partition coefficient (Wildman–Crippen LogP) is 2.73. The Morgan fingerprint density at radius 3 is 3.00 bits per heavy atom. The van der Waals surface area contributed by atoms with Crippen molar-refractivity contribution in [1.82, 2.24) is 14.6 Å². The van der Waals surface area contributed by atoms with Crippen LogP contribution in [0.5, 0.6) is 5.88 Å². The van der Waals surface area contributed by atoms with Crippen LogP contribution < -0.4 is 0 Å². The van der Waals surface area contributed by atoms with Gasteiger partial charge in [0.2, 0.25) is 5.88 Å². The molecule has 1 atom stereocenters. The molecular formula is C13H17N3O. The van der Waals surface area contributed by atoms with Crippen molar-refractivity contribution in [2.24, 2.45) is 5.92 Å². The van der Waals surface area contributed by atoms with Gasteiger partial charge in [0.15, 0.2) is 5.65 Å².